The molecule has 1 aromatic carbocycles. The van der Waals surface area contributed by atoms with Crippen molar-refractivity contribution in [2.24, 2.45) is 0 Å². The Morgan fingerprint density at radius 3 is 2.40 bits per heavy atom. The Hall–Kier alpha value is -3.68. The molecule has 0 saturated heterocycles. The smallest absolute Gasteiger partial charge is 0.359 e. The lowest BCUT2D eigenvalue weighted by Crippen LogP contribution is -2.35. The molecular formula is C22H24N4O4. The SMILES string of the molecule is Cc1cc(C)c(NC(=O)CNC(=O)COC(=O)c2cn3c(C)cccc3n2)c(C)c1. The van der Waals surface area contributed by atoms with E-state index < -0.39 is 18.5 Å². The number of fused-ring (bicyclic) bond motifs is 1. The first-order valence-corrected chi connectivity index (χ1v) is 9.51. The Morgan fingerprint density at radius 2 is 1.73 bits per heavy atom. The monoisotopic (exact) mass is 408 g/mol. The lowest BCUT2D eigenvalue weighted by Gasteiger charge is -2.13. The average molecular weight is 408 g/mol. The predicted molar refractivity (Wildman–Crippen MR) is 113 cm³/mol. The van der Waals surface area contributed by atoms with Gasteiger partial charge in [0.25, 0.3) is 5.91 Å². The zero-order valence-corrected chi connectivity index (χ0v) is 17.4. The van der Waals surface area contributed by atoms with Crippen LogP contribution in [-0.2, 0) is 14.3 Å². The lowest BCUT2D eigenvalue weighted by atomic mass is 10.1. The molecule has 3 rings (SSSR count). The van der Waals surface area contributed by atoms with E-state index in [-0.39, 0.29) is 18.1 Å². The fourth-order valence-electron chi connectivity index (χ4n) is 3.24. The van der Waals surface area contributed by atoms with E-state index >= 15 is 0 Å². The van der Waals surface area contributed by atoms with Crippen LogP contribution in [0.25, 0.3) is 5.65 Å². The maximum absolute atomic E-state index is 12.2. The quantitative estimate of drug-likeness (QED) is 0.610. The van der Waals surface area contributed by atoms with Crippen molar-refractivity contribution in [3.63, 3.8) is 0 Å². The Morgan fingerprint density at radius 1 is 1.03 bits per heavy atom. The van der Waals surface area contributed by atoms with Gasteiger partial charge in [-0.3, -0.25) is 9.59 Å². The number of benzene rings is 1. The molecule has 8 heteroatoms. The number of imidazole rings is 1. The van der Waals surface area contributed by atoms with E-state index in [2.05, 4.69) is 15.6 Å². The van der Waals surface area contributed by atoms with Crippen LogP contribution >= 0.6 is 0 Å². The number of carbonyl (C=O) groups excluding carboxylic acids is 3. The minimum absolute atomic E-state index is 0.111. The van der Waals surface area contributed by atoms with Gasteiger partial charge >= 0.3 is 5.97 Å². The summed E-state index contributed by atoms with van der Waals surface area (Å²) in [7, 11) is 0. The van der Waals surface area contributed by atoms with Gasteiger partial charge in [0, 0.05) is 17.6 Å². The molecule has 0 saturated carbocycles. The summed E-state index contributed by atoms with van der Waals surface area (Å²) < 4.78 is 6.76. The molecule has 0 aliphatic carbocycles. The molecule has 0 unspecified atom stereocenters. The molecule has 156 valence electrons. The summed E-state index contributed by atoms with van der Waals surface area (Å²) in [5.41, 5.74) is 5.38. The second-order valence-corrected chi connectivity index (χ2v) is 7.20. The Bertz CT molecular complexity index is 1110. The van der Waals surface area contributed by atoms with E-state index in [1.54, 1.807) is 16.7 Å². The first kappa shape index (κ1) is 21.0. The largest absolute Gasteiger partial charge is 0.451 e. The number of aryl methyl sites for hydroxylation is 4. The number of nitrogens with zero attached hydrogens (tertiary/aromatic N) is 2. The number of hydrogen-bond donors (Lipinski definition) is 2. The van der Waals surface area contributed by atoms with E-state index in [9.17, 15) is 14.4 Å². The van der Waals surface area contributed by atoms with Gasteiger partial charge in [-0.1, -0.05) is 23.8 Å². The first-order chi connectivity index (χ1) is 14.2. The summed E-state index contributed by atoms with van der Waals surface area (Å²) in [6.45, 7) is 6.98. The zero-order chi connectivity index (χ0) is 21.8. The van der Waals surface area contributed by atoms with E-state index in [0.29, 0.717) is 5.65 Å². The minimum atomic E-state index is -0.705. The summed E-state index contributed by atoms with van der Waals surface area (Å²) in [5, 5.41) is 5.24. The van der Waals surface area contributed by atoms with E-state index in [4.69, 9.17) is 4.74 Å². The van der Waals surface area contributed by atoms with Gasteiger partial charge in [-0.25, -0.2) is 9.78 Å². The molecule has 0 radical (unpaired) electrons. The van der Waals surface area contributed by atoms with Crippen molar-refractivity contribution >= 4 is 29.1 Å². The average Bonchev–Trinajstić information content (AvgIpc) is 3.13. The van der Waals surface area contributed by atoms with Crippen molar-refractivity contribution in [3.05, 3.63) is 64.6 Å². The fraction of sp³-hybridized carbons (Fsp3) is 0.273. The molecule has 30 heavy (non-hydrogen) atoms. The number of anilines is 1. The second kappa shape index (κ2) is 8.77. The standard InChI is InChI=1S/C22H24N4O4/c1-13-8-14(2)21(15(3)9-13)25-19(27)10-23-20(28)12-30-22(29)17-11-26-16(4)6-5-7-18(26)24-17/h5-9,11H,10,12H2,1-4H3,(H,23,28)(H,25,27). The molecule has 2 heterocycles. The highest BCUT2D eigenvalue weighted by Crippen LogP contribution is 2.21. The normalized spacial score (nSPS) is 10.7. The van der Waals surface area contributed by atoms with Gasteiger partial charge in [-0.2, -0.15) is 0 Å². The Balaban J connectivity index is 1.49. The summed E-state index contributed by atoms with van der Waals surface area (Å²) >= 11 is 0. The molecule has 2 aromatic heterocycles. The molecule has 0 fully saturated rings. The van der Waals surface area contributed by atoms with Gasteiger partial charge in [0.2, 0.25) is 5.91 Å². The third-order valence-electron chi connectivity index (χ3n) is 4.63. The number of carbonyl (C=O) groups is 3. The van der Waals surface area contributed by atoms with Crippen molar-refractivity contribution in [3.8, 4) is 0 Å². The summed E-state index contributed by atoms with van der Waals surface area (Å²) in [6, 6.07) is 9.45. The van der Waals surface area contributed by atoms with Crippen LogP contribution in [0, 0.1) is 27.7 Å². The van der Waals surface area contributed by atoms with E-state index in [1.165, 1.54) is 0 Å². The molecule has 2 amide bonds. The number of aromatic nitrogens is 2. The maximum Gasteiger partial charge on any atom is 0.359 e. The topological polar surface area (TPSA) is 102 Å². The van der Waals surface area contributed by atoms with Crippen LogP contribution < -0.4 is 10.6 Å². The highest BCUT2D eigenvalue weighted by atomic mass is 16.5. The van der Waals surface area contributed by atoms with Crippen molar-refractivity contribution < 1.29 is 19.1 Å². The third kappa shape index (κ3) is 4.83. The molecule has 0 bridgehead atoms. The number of esters is 1. The molecule has 0 aliphatic heterocycles. The van der Waals surface area contributed by atoms with Crippen LogP contribution in [0.2, 0.25) is 0 Å². The van der Waals surface area contributed by atoms with Gasteiger partial charge in [0.05, 0.1) is 6.54 Å². The second-order valence-electron chi connectivity index (χ2n) is 7.20. The molecule has 2 N–H and O–H groups in total. The van der Waals surface area contributed by atoms with Gasteiger partial charge in [0.15, 0.2) is 12.3 Å². The number of pyridine rings is 1. The van der Waals surface area contributed by atoms with Crippen LogP contribution in [-0.4, -0.2) is 40.3 Å². The molecule has 0 spiro atoms. The fourth-order valence-corrected chi connectivity index (χ4v) is 3.24. The van der Waals surface area contributed by atoms with Crippen LogP contribution in [0.5, 0.6) is 0 Å². The highest BCUT2D eigenvalue weighted by Gasteiger charge is 2.15. The van der Waals surface area contributed by atoms with Crippen LogP contribution in [0.3, 0.4) is 0 Å². The van der Waals surface area contributed by atoms with Gasteiger partial charge in [-0.05, 0) is 51.0 Å². The number of ether oxygens (including phenoxy) is 1. The highest BCUT2D eigenvalue weighted by molar-refractivity contribution is 5.96. The number of nitrogens with one attached hydrogen (secondary N) is 2. The summed E-state index contributed by atoms with van der Waals surface area (Å²) in [5.74, 6) is -1.64. The lowest BCUT2D eigenvalue weighted by molar-refractivity contribution is -0.126. The van der Waals surface area contributed by atoms with Crippen molar-refractivity contribution in [2.75, 3.05) is 18.5 Å². The number of amides is 2. The minimum Gasteiger partial charge on any atom is -0.451 e. The Labute approximate surface area is 174 Å². The van der Waals surface area contributed by atoms with Crippen molar-refractivity contribution in [1.29, 1.82) is 0 Å². The number of rotatable bonds is 6. The third-order valence-corrected chi connectivity index (χ3v) is 4.63. The maximum atomic E-state index is 12.2. The first-order valence-electron chi connectivity index (χ1n) is 9.51. The van der Waals surface area contributed by atoms with E-state index in [1.807, 2.05) is 52.0 Å². The number of hydrogen-bond acceptors (Lipinski definition) is 5. The molecule has 0 atom stereocenters. The van der Waals surface area contributed by atoms with E-state index in [0.717, 1.165) is 28.1 Å². The summed E-state index contributed by atoms with van der Waals surface area (Å²) in [4.78, 5) is 40.4. The predicted octanol–water partition coefficient (Wildman–Crippen LogP) is 2.48. The zero-order valence-electron chi connectivity index (χ0n) is 17.4. The van der Waals surface area contributed by atoms with Crippen molar-refractivity contribution in [1.82, 2.24) is 14.7 Å². The summed E-state index contributed by atoms with van der Waals surface area (Å²) in [6.07, 6.45) is 1.56. The van der Waals surface area contributed by atoms with Gasteiger partial charge in [0.1, 0.15) is 5.65 Å². The van der Waals surface area contributed by atoms with Gasteiger partial charge in [-0.15, -0.1) is 0 Å². The van der Waals surface area contributed by atoms with Crippen LogP contribution in [0.4, 0.5) is 5.69 Å². The molecule has 8 nitrogen and oxygen atoms in total. The van der Waals surface area contributed by atoms with Crippen LogP contribution in [0.1, 0.15) is 32.9 Å². The Kier molecular flexibility index (Phi) is 6.15. The van der Waals surface area contributed by atoms with Crippen LogP contribution in [0.15, 0.2) is 36.5 Å². The van der Waals surface area contributed by atoms with Gasteiger partial charge < -0.3 is 19.8 Å². The molecular weight excluding hydrogens is 384 g/mol. The van der Waals surface area contributed by atoms with Crippen molar-refractivity contribution in [2.45, 2.75) is 27.7 Å². The molecule has 0 aliphatic rings. The molecule has 3 aromatic rings.